The van der Waals surface area contributed by atoms with Gasteiger partial charge in [-0.2, -0.15) is 0 Å². The second-order valence-corrected chi connectivity index (χ2v) is 8.45. The van der Waals surface area contributed by atoms with Crippen LogP contribution < -0.4 is 0 Å². The van der Waals surface area contributed by atoms with Crippen molar-refractivity contribution in [2.24, 2.45) is 0 Å². The highest BCUT2D eigenvalue weighted by molar-refractivity contribution is 6.30. The minimum atomic E-state index is -1.08. The molecule has 160 valence electrons. The van der Waals surface area contributed by atoms with Crippen molar-refractivity contribution in [1.29, 1.82) is 0 Å². The zero-order valence-electron chi connectivity index (χ0n) is 16.9. The van der Waals surface area contributed by atoms with Gasteiger partial charge in [0.1, 0.15) is 12.2 Å². The number of morpholine rings is 1. The van der Waals surface area contributed by atoms with Gasteiger partial charge in [0.15, 0.2) is 0 Å². The van der Waals surface area contributed by atoms with Gasteiger partial charge in [-0.15, -0.1) is 0 Å². The van der Waals surface area contributed by atoms with Crippen LogP contribution in [0.4, 0.5) is 0 Å². The van der Waals surface area contributed by atoms with Gasteiger partial charge in [-0.05, 0) is 48.7 Å². The Hall–Kier alpha value is -2.08. The Bertz CT molecular complexity index is 902. The van der Waals surface area contributed by atoms with Gasteiger partial charge >= 0.3 is 5.97 Å². The van der Waals surface area contributed by atoms with Crippen LogP contribution in [0.15, 0.2) is 48.5 Å². The monoisotopic (exact) mass is 449 g/mol. The summed E-state index contributed by atoms with van der Waals surface area (Å²) in [6, 6.07) is 14.1. The van der Waals surface area contributed by atoms with E-state index >= 15 is 0 Å². The number of amides is 1. The van der Waals surface area contributed by atoms with Crippen molar-refractivity contribution in [3.05, 3.63) is 69.7 Å². The summed E-state index contributed by atoms with van der Waals surface area (Å²) in [6.45, 7) is 4.05. The number of carbonyl (C=O) groups is 2. The highest BCUT2D eigenvalue weighted by atomic mass is 35.5. The minimum absolute atomic E-state index is 0.0925. The summed E-state index contributed by atoms with van der Waals surface area (Å²) >= 11 is 12.3. The molecule has 1 aliphatic rings. The Kier molecular flexibility index (Phi) is 7.40. The third kappa shape index (κ3) is 4.97. The molecule has 0 spiro atoms. The van der Waals surface area contributed by atoms with E-state index in [0.717, 1.165) is 24.0 Å². The van der Waals surface area contributed by atoms with Crippen LogP contribution in [0, 0.1) is 0 Å². The van der Waals surface area contributed by atoms with E-state index in [1.807, 2.05) is 31.2 Å². The Balaban J connectivity index is 2.14. The lowest BCUT2D eigenvalue weighted by molar-refractivity contribution is -0.183. The maximum atomic E-state index is 13.4. The van der Waals surface area contributed by atoms with E-state index in [1.165, 1.54) is 0 Å². The second kappa shape index (κ2) is 9.82. The molecule has 0 aromatic heterocycles. The van der Waals surface area contributed by atoms with E-state index in [0.29, 0.717) is 10.0 Å². The molecule has 0 radical (unpaired) electrons. The molecule has 1 aliphatic heterocycles. The molecule has 7 heteroatoms. The van der Waals surface area contributed by atoms with Gasteiger partial charge in [0, 0.05) is 16.1 Å². The van der Waals surface area contributed by atoms with Gasteiger partial charge in [-0.1, -0.05) is 60.8 Å². The normalized spacial score (nSPS) is 22.7. The molecule has 5 nitrogen and oxygen atoms in total. The first kappa shape index (κ1) is 22.6. The van der Waals surface area contributed by atoms with Gasteiger partial charge in [0.05, 0.1) is 12.5 Å². The zero-order valence-corrected chi connectivity index (χ0v) is 18.4. The fourth-order valence-corrected chi connectivity index (χ4v) is 4.37. The van der Waals surface area contributed by atoms with Crippen molar-refractivity contribution >= 4 is 35.1 Å². The lowest BCUT2D eigenvalue weighted by Crippen LogP contribution is -2.54. The summed E-state index contributed by atoms with van der Waals surface area (Å²) in [4.78, 5) is 26.6. The van der Waals surface area contributed by atoms with Crippen LogP contribution in [0.3, 0.4) is 0 Å². The molecule has 30 heavy (non-hydrogen) atoms. The molecule has 3 rings (SSSR count). The first-order valence-corrected chi connectivity index (χ1v) is 10.8. The maximum absolute atomic E-state index is 13.4. The van der Waals surface area contributed by atoms with E-state index in [1.54, 1.807) is 29.2 Å². The van der Waals surface area contributed by atoms with Crippen molar-refractivity contribution in [2.75, 3.05) is 0 Å². The first-order valence-electron chi connectivity index (χ1n) is 10.0. The Morgan fingerprint density at radius 2 is 1.83 bits per heavy atom. The average Bonchev–Trinajstić information content (AvgIpc) is 2.69. The largest absolute Gasteiger partial charge is 0.481 e. The van der Waals surface area contributed by atoms with Crippen molar-refractivity contribution in [1.82, 2.24) is 4.90 Å². The molecule has 0 aliphatic carbocycles. The Labute approximate surface area is 186 Å². The molecular weight excluding hydrogens is 425 g/mol. The van der Waals surface area contributed by atoms with Crippen molar-refractivity contribution in [2.45, 2.75) is 57.4 Å². The van der Waals surface area contributed by atoms with Gasteiger partial charge in [0.25, 0.3) is 5.91 Å². The fraction of sp³-hybridized carbons (Fsp3) is 0.391. The number of rotatable bonds is 7. The lowest BCUT2D eigenvalue weighted by atomic mass is 9.89. The number of benzene rings is 2. The summed E-state index contributed by atoms with van der Waals surface area (Å²) < 4.78 is 6.14. The van der Waals surface area contributed by atoms with E-state index in [-0.39, 0.29) is 11.9 Å². The van der Waals surface area contributed by atoms with E-state index in [4.69, 9.17) is 27.9 Å². The number of carboxylic acids is 1. The van der Waals surface area contributed by atoms with Crippen molar-refractivity contribution < 1.29 is 19.4 Å². The molecule has 1 saturated heterocycles. The Morgan fingerprint density at radius 3 is 2.43 bits per heavy atom. The van der Waals surface area contributed by atoms with E-state index in [9.17, 15) is 14.7 Å². The van der Waals surface area contributed by atoms with E-state index < -0.39 is 30.6 Å². The number of carboxylic acid groups (broad SMARTS) is 1. The number of ether oxygens (including phenoxy) is 1. The SMILES string of the molecule is CCC[C@H](C)N1C(=O)[C@@H](CC(=O)O)O[C@H](c2cccc(Cl)c2)[C@@H]1c1ccc(Cl)cc1. The molecule has 0 bridgehead atoms. The molecule has 1 N–H and O–H groups in total. The third-order valence-corrected chi connectivity index (χ3v) is 5.84. The average molecular weight is 450 g/mol. The third-order valence-electron chi connectivity index (χ3n) is 5.36. The van der Waals surface area contributed by atoms with Crippen LogP contribution in [0.25, 0.3) is 0 Å². The molecule has 0 unspecified atom stereocenters. The molecule has 0 saturated carbocycles. The van der Waals surface area contributed by atoms with Crippen LogP contribution in [0.1, 0.15) is 56.4 Å². The van der Waals surface area contributed by atoms with Crippen molar-refractivity contribution in [3.8, 4) is 0 Å². The summed E-state index contributed by atoms with van der Waals surface area (Å²) in [5, 5.41) is 10.5. The maximum Gasteiger partial charge on any atom is 0.306 e. The van der Waals surface area contributed by atoms with Crippen LogP contribution in [0.5, 0.6) is 0 Å². The van der Waals surface area contributed by atoms with E-state index in [2.05, 4.69) is 6.92 Å². The molecule has 4 atom stereocenters. The second-order valence-electron chi connectivity index (χ2n) is 7.58. The standard InChI is InChI=1S/C23H25Cl2NO4/c1-3-5-14(2)26-21(15-8-10-17(24)11-9-15)22(16-6-4-7-18(25)12-16)30-19(23(26)29)13-20(27)28/h4,6-12,14,19,21-22H,3,5,13H2,1-2H3,(H,27,28)/t14-,19+,21-,22+/m0/s1. The number of hydrogen-bond donors (Lipinski definition) is 1. The molecule has 1 amide bonds. The summed E-state index contributed by atoms with van der Waals surface area (Å²) in [5.74, 6) is -1.39. The van der Waals surface area contributed by atoms with Gasteiger partial charge in [-0.3, -0.25) is 9.59 Å². The molecule has 1 fully saturated rings. The molecule has 2 aromatic rings. The van der Waals surface area contributed by atoms with Crippen LogP contribution in [0.2, 0.25) is 10.0 Å². The quantitative estimate of drug-likeness (QED) is 0.591. The predicted molar refractivity (Wildman–Crippen MR) is 117 cm³/mol. The number of halogens is 2. The van der Waals surface area contributed by atoms with Crippen LogP contribution in [-0.2, 0) is 14.3 Å². The summed E-state index contributed by atoms with van der Waals surface area (Å²) in [5.41, 5.74) is 1.66. The lowest BCUT2D eigenvalue weighted by Gasteiger charge is -2.47. The van der Waals surface area contributed by atoms with Crippen molar-refractivity contribution in [3.63, 3.8) is 0 Å². The minimum Gasteiger partial charge on any atom is -0.481 e. The number of carbonyl (C=O) groups excluding carboxylic acids is 1. The first-order chi connectivity index (χ1) is 14.3. The number of hydrogen-bond acceptors (Lipinski definition) is 3. The molecule has 2 aromatic carbocycles. The number of nitrogens with zero attached hydrogens (tertiary/aromatic N) is 1. The van der Waals surface area contributed by atoms with Crippen LogP contribution >= 0.6 is 23.2 Å². The van der Waals surface area contributed by atoms with Crippen LogP contribution in [-0.4, -0.2) is 34.0 Å². The number of aliphatic carboxylic acids is 1. The highest BCUT2D eigenvalue weighted by Crippen LogP contribution is 2.44. The smallest absolute Gasteiger partial charge is 0.306 e. The topological polar surface area (TPSA) is 66.8 Å². The molecule has 1 heterocycles. The highest BCUT2D eigenvalue weighted by Gasteiger charge is 2.46. The molecular formula is C23H25Cl2NO4. The predicted octanol–water partition coefficient (Wildman–Crippen LogP) is 5.67. The summed E-state index contributed by atoms with van der Waals surface area (Å²) in [7, 11) is 0. The van der Waals surface area contributed by atoms with Gasteiger partial charge in [0.2, 0.25) is 0 Å². The fourth-order valence-electron chi connectivity index (χ4n) is 4.04. The Morgan fingerprint density at radius 1 is 1.13 bits per heavy atom. The van der Waals surface area contributed by atoms with Gasteiger partial charge < -0.3 is 14.7 Å². The van der Waals surface area contributed by atoms with Gasteiger partial charge in [-0.25, -0.2) is 0 Å². The zero-order chi connectivity index (χ0) is 21.8. The summed E-state index contributed by atoms with van der Waals surface area (Å²) in [6.07, 6.45) is -0.332.